The molecule has 15 heavy (non-hydrogen) atoms. The Morgan fingerprint density at radius 2 is 2.13 bits per heavy atom. The Kier molecular flexibility index (Phi) is 4.11. The summed E-state index contributed by atoms with van der Waals surface area (Å²) in [6, 6.07) is 3.90. The summed E-state index contributed by atoms with van der Waals surface area (Å²) in [6.45, 7) is 7.06. The van der Waals surface area contributed by atoms with Crippen molar-refractivity contribution in [1.82, 2.24) is 4.98 Å². The lowest BCUT2D eigenvalue weighted by molar-refractivity contribution is 0.0874. The fraction of sp³-hybridized carbons (Fsp3) is 0.545. The highest BCUT2D eigenvalue weighted by molar-refractivity contribution is 9.10. The van der Waals surface area contributed by atoms with Crippen LogP contribution in [-0.4, -0.2) is 28.8 Å². The number of anilines is 1. The monoisotopic (exact) mass is 272 g/mol. The van der Waals surface area contributed by atoms with Crippen LogP contribution in [0.15, 0.2) is 22.8 Å². The van der Waals surface area contributed by atoms with Crippen LogP contribution in [0.5, 0.6) is 0 Å². The third kappa shape index (κ3) is 4.18. The van der Waals surface area contributed by atoms with Gasteiger partial charge in [0.25, 0.3) is 0 Å². The smallest absolute Gasteiger partial charge is 0.128 e. The molecule has 0 radical (unpaired) electrons. The zero-order chi connectivity index (χ0) is 11.5. The topological polar surface area (TPSA) is 36.4 Å². The van der Waals surface area contributed by atoms with Crippen molar-refractivity contribution in [2.24, 2.45) is 0 Å². The van der Waals surface area contributed by atoms with Crippen LogP contribution in [0, 0.1) is 0 Å². The lowest BCUT2D eigenvalue weighted by atomic mass is 10.1. The van der Waals surface area contributed by atoms with Crippen molar-refractivity contribution in [2.45, 2.75) is 26.4 Å². The number of hydrogen-bond donors (Lipinski definition) is 1. The summed E-state index contributed by atoms with van der Waals surface area (Å²) in [5.41, 5.74) is -0.704. The second-order valence-corrected chi connectivity index (χ2v) is 5.08. The van der Waals surface area contributed by atoms with Crippen LogP contribution in [0.4, 0.5) is 5.82 Å². The van der Waals surface area contributed by atoms with Gasteiger partial charge in [0.05, 0.1) is 5.60 Å². The molecule has 0 aliphatic heterocycles. The van der Waals surface area contributed by atoms with Gasteiger partial charge >= 0.3 is 0 Å². The van der Waals surface area contributed by atoms with Crippen LogP contribution in [0.25, 0.3) is 0 Å². The zero-order valence-electron chi connectivity index (χ0n) is 9.37. The molecule has 0 saturated carbocycles. The molecular weight excluding hydrogens is 256 g/mol. The van der Waals surface area contributed by atoms with Crippen LogP contribution in [0.2, 0.25) is 0 Å². The lowest BCUT2D eigenvalue weighted by Gasteiger charge is -2.28. The molecule has 1 rings (SSSR count). The second kappa shape index (κ2) is 4.94. The van der Waals surface area contributed by atoms with Crippen molar-refractivity contribution in [3.8, 4) is 0 Å². The summed E-state index contributed by atoms with van der Waals surface area (Å²) in [5.74, 6) is 0.892. The summed E-state index contributed by atoms with van der Waals surface area (Å²) in [4.78, 5) is 6.35. The fourth-order valence-electron chi connectivity index (χ4n) is 1.38. The Bertz CT molecular complexity index is 305. The quantitative estimate of drug-likeness (QED) is 0.915. The van der Waals surface area contributed by atoms with Gasteiger partial charge in [-0.25, -0.2) is 4.98 Å². The van der Waals surface area contributed by atoms with Crippen LogP contribution < -0.4 is 4.90 Å². The van der Waals surface area contributed by atoms with Crippen molar-refractivity contribution in [2.75, 3.05) is 18.0 Å². The Labute approximate surface area is 99.3 Å². The van der Waals surface area contributed by atoms with E-state index in [-0.39, 0.29) is 0 Å². The summed E-state index contributed by atoms with van der Waals surface area (Å²) in [7, 11) is 0. The van der Waals surface area contributed by atoms with Gasteiger partial charge in [0.1, 0.15) is 5.82 Å². The lowest BCUT2D eigenvalue weighted by Crippen LogP contribution is -2.39. The van der Waals surface area contributed by atoms with Gasteiger partial charge in [-0.15, -0.1) is 0 Å². The average molecular weight is 273 g/mol. The number of aromatic nitrogens is 1. The summed E-state index contributed by atoms with van der Waals surface area (Å²) < 4.78 is 0.963. The molecule has 0 bridgehead atoms. The number of pyridine rings is 1. The van der Waals surface area contributed by atoms with Gasteiger partial charge in [-0.3, -0.25) is 0 Å². The van der Waals surface area contributed by atoms with Crippen molar-refractivity contribution < 1.29 is 5.11 Å². The Balaban J connectivity index is 2.79. The molecule has 1 aromatic heterocycles. The third-order valence-corrected chi connectivity index (χ3v) is 2.46. The number of likely N-dealkylation sites (N-methyl/N-ethyl adjacent to an activating group) is 1. The molecule has 4 heteroatoms. The number of halogens is 1. The van der Waals surface area contributed by atoms with Gasteiger partial charge in [-0.05, 0) is 48.8 Å². The fourth-order valence-corrected chi connectivity index (χ4v) is 1.61. The van der Waals surface area contributed by atoms with Crippen molar-refractivity contribution in [1.29, 1.82) is 0 Å². The van der Waals surface area contributed by atoms with Crippen molar-refractivity contribution >= 4 is 21.7 Å². The highest BCUT2D eigenvalue weighted by Gasteiger charge is 2.18. The van der Waals surface area contributed by atoms with Gasteiger partial charge in [0, 0.05) is 23.8 Å². The Hall–Kier alpha value is -0.610. The molecule has 0 spiro atoms. The molecule has 1 aromatic rings. The van der Waals surface area contributed by atoms with Gasteiger partial charge < -0.3 is 10.0 Å². The highest BCUT2D eigenvalue weighted by atomic mass is 79.9. The molecule has 84 valence electrons. The van der Waals surface area contributed by atoms with E-state index in [0.29, 0.717) is 6.54 Å². The molecule has 0 saturated heterocycles. The van der Waals surface area contributed by atoms with Gasteiger partial charge in [-0.1, -0.05) is 0 Å². The van der Waals surface area contributed by atoms with E-state index in [4.69, 9.17) is 0 Å². The minimum Gasteiger partial charge on any atom is -0.389 e. The molecule has 0 fully saturated rings. The van der Waals surface area contributed by atoms with Crippen LogP contribution in [0.1, 0.15) is 20.8 Å². The molecule has 0 aliphatic rings. The van der Waals surface area contributed by atoms with Crippen LogP contribution >= 0.6 is 15.9 Å². The van der Waals surface area contributed by atoms with Gasteiger partial charge in [-0.2, -0.15) is 0 Å². The molecule has 0 aromatic carbocycles. The van der Waals surface area contributed by atoms with Crippen molar-refractivity contribution in [3.63, 3.8) is 0 Å². The Morgan fingerprint density at radius 1 is 1.47 bits per heavy atom. The average Bonchev–Trinajstić information content (AvgIpc) is 2.14. The van der Waals surface area contributed by atoms with E-state index in [1.807, 2.05) is 17.0 Å². The van der Waals surface area contributed by atoms with Crippen molar-refractivity contribution in [3.05, 3.63) is 22.8 Å². The molecule has 0 aliphatic carbocycles. The number of nitrogens with zero attached hydrogens (tertiary/aromatic N) is 2. The van der Waals surface area contributed by atoms with E-state index in [1.54, 1.807) is 20.0 Å². The van der Waals surface area contributed by atoms with Crippen LogP contribution in [0.3, 0.4) is 0 Å². The molecule has 0 unspecified atom stereocenters. The first kappa shape index (κ1) is 12.5. The molecule has 1 N–H and O–H groups in total. The van der Waals surface area contributed by atoms with E-state index >= 15 is 0 Å². The SMILES string of the molecule is CCN(CC(C)(C)O)c1ccc(Br)cn1. The molecule has 0 amide bonds. The number of aliphatic hydroxyl groups is 1. The second-order valence-electron chi connectivity index (χ2n) is 4.16. The highest BCUT2D eigenvalue weighted by Crippen LogP contribution is 2.16. The predicted molar refractivity (Wildman–Crippen MR) is 66.1 cm³/mol. The maximum absolute atomic E-state index is 9.76. The van der Waals surface area contributed by atoms with Gasteiger partial charge in [0.2, 0.25) is 0 Å². The minimum absolute atomic E-state index is 0.581. The molecule has 0 atom stereocenters. The molecular formula is C11H17BrN2O. The maximum atomic E-state index is 9.76. The zero-order valence-corrected chi connectivity index (χ0v) is 11.0. The first-order valence-electron chi connectivity index (χ1n) is 5.01. The van der Waals surface area contributed by atoms with E-state index in [1.165, 1.54) is 0 Å². The van der Waals surface area contributed by atoms with Gasteiger partial charge in [0.15, 0.2) is 0 Å². The normalized spacial score (nSPS) is 11.5. The number of rotatable bonds is 4. The van der Waals surface area contributed by atoms with E-state index in [2.05, 4.69) is 27.8 Å². The van der Waals surface area contributed by atoms with Crippen LogP contribution in [-0.2, 0) is 0 Å². The first-order valence-corrected chi connectivity index (χ1v) is 5.80. The molecule has 3 nitrogen and oxygen atoms in total. The van der Waals surface area contributed by atoms with E-state index in [9.17, 15) is 5.11 Å². The summed E-state index contributed by atoms with van der Waals surface area (Å²) in [5, 5.41) is 9.76. The standard InChI is InChI=1S/C11H17BrN2O/c1-4-14(8-11(2,3)15)10-6-5-9(12)7-13-10/h5-7,15H,4,8H2,1-3H3. The predicted octanol–water partition coefficient (Wildman–Crippen LogP) is 2.44. The first-order chi connectivity index (χ1) is 6.92. The summed E-state index contributed by atoms with van der Waals surface area (Å²) in [6.07, 6.45) is 1.77. The largest absolute Gasteiger partial charge is 0.389 e. The Morgan fingerprint density at radius 3 is 2.53 bits per heavy atom. The maximum Gasteiger partial charge on any atom is 0.128 e. The summed E-state index contributed by atoms with van der Waals surface area (Å²) >= 11 is 3.35. The van der Waals surface area contributed by atoms with E-state index in [0.717, 1.165) is 16.8 Å². The number of hydrogen-bond acceptors (Lipinski definition) is 3. The molecule has 1 heterocycles. The third-order valence-electron chi connectivity index (χ3n) is 2.00. The minimum atomic E-state index is -0.704. The van der Waals surface area contributed by atoms with E-state index < -0.39 is 5.60 Å².